The molecule has 0 bridgehead atoms. The topological polar surface area (TPSA) is 48.0 Å². The second kappa shape index (κ2) is 10.1. The van der Waals surface area contributed by atoms with E-state index in [9.17, 15) is 4.79 Å². The number of rotatable bonds is 8. The maximum atomic E-state index is 13.3. The van der Waals surface area contributed by atoms with Gasteiger partial charge in [0.05, 0.1) is 26.7 Å². The second-order valence-electron chi connectivity index (χ2n) is 7.82. The zero-order valence-electron chi connectivity index (χ0n) is 18.8. The van der Waals surface area contributed by atoms with Gasteiger partial charge in [0, 0.05) is 11.4 Å². The first-order chi connectivity index (χ1) is 15.6. The molecule has 4 rings (SSSR count). The highest BCUT2D eigenvalue weighted by molar-refractivity contribution is 7.10. The van der Waals surface area contributed by atoms with Crippen molar-refractivity contribution in [2.24, 2.45) is 0 Å². The molecule has 5 nitrogen and oxygen atoms in total. The van der Waals surface area contributed by atoms with Crippen LogP contribution in [0.4, 0.5) is 0 Å². The van der Waals surface area contributed by atoms with Crippen molar-refractivity contribution in [1.82, 2.24) is 4.90 Å². The van der Waals surface area contributed by atoms with Gasteiger partial charge in [-0.3, -0.25) is 4.79 Å². The molecule has 0 unspecified atom stereocenters. The summed E-state index contributed by atoms with van der Waals surface area (Å²) < 4.78 is 17.2. The molecule has 32 heavy (non-hydrogen) atoms. The molecule has 0 saturated carbocycles. The zero-order valence-corrected chi connectivity index (χ0v) is 19.6. The SMILES string of the molecule is CCc1ccc(OC[C@@H]2c3cc(OC)c(OC)cc3CCN2C(=O)Cc2cccs2)cc1. The van der Waals surface area contributed by atoms with Gasteiger partial charge in [0.1, 0.15) is 12.4 Å². The fraction of sp³-hybridized carbons (Fsp3) is 0.346. The molecule has 1 aromatic heterocycles. The van der Waals surface area contributed by atoms with Crippen molar-refractivity contribution in [3.63, 3.8) is 0 Å². The number of ether oxygens (including phenoxy) is 3. The largest absolute Gasteiger partial charge is 0.493 e. The first-order valence-corrected chi connectivity index (χ1v) is 11.8. The van der Waals surface area contributed by atoms with Crippen molar-refractivity contribution in [2.75, 3.05) is 27.4 Å². The number of carbonyl (C=O) groups excluding carboxylic acids is 1. The summed E-state index contributed by atoms with van der Waals surface area (Å²) in [5.74, 6) is 2.29. The van der Waals surface area contributed by atoms with Crippen molar-refractivity contribution in [2.45, 2.75) is 32.2 Å². The minimum absolute atomic E-state index is 0.114. The fourth-order valence-corrected chi connectivity index (χ4v) is 4.86. The van der Waals surface area contributed by atoms with Crippen LogP contribution in [0.2, 0.25) is 0 Å². The van der Waals surface area contributed by atoms with E-state index in [1.165, 1.54) is 5.56 Å². The Morgan fingerprint density at radius 3 is 2.50 bits per heavy atom. The Balaban J connectivity index is 1.63. The number of amides is 1. The maximum Gasteiger partial charge on any atom is 0.228 e. The van der Waals surface area contributed by atoms with Gasteiger partial charge in [0.2, 0.25) is 5.91 Å². The van der Waals surface area contributed by atoms with E-state index < -0.39 is 0 Å². The first-order valence-electron chi connectivity index (χ1n) is 10.9. The monoisotopic (exact) mass is 451 g/mol. The first kappa shape index (κ1) is 22.2. The number of hydrogen-bond donors (Lipinski definition) is 0. The van der Waals surface area contributed by atoms with Gasteiger partial charge >= 0.3 is 0 Å². The standard InChI is InChI=1S/C26H29NO4S/c1-4-18-7-9-20(10-8-18)31-17-23-22-16-25(30-3)24(29-2)14-19(22)11-12-27(23)26(28)15-21-6-5-13-32-21/h5-10,13-14,16,23H,4,11-12,15,17H2,1-3H3/t23-/m1/s1. The lowest BCUT2D eigenvalue weighted by atomic mass is 9.91. The molecule has 1 aliphatic rings. The molecule has 1 atom stereocenters. The predicted octanol–water partition coefficient (Wildman–Crippen LogP) is 5.08. The van der Waals surface area contributed by atoms with E-state index in [1.807, 2.05) is 46.7 Å². The lowest BCUT2D eigenvalue weighted by molar-refractivity contribution is -0.134. The molecule has 2 heterocycles. The molecule has 1 amide bonds. The number of methoxy groups -OCH3 is 2. The lowest BCUT2D eigenvalue weighted by Gasteiger charge is -2.37. The van der Waals surface area contributed by atoms with Gasteiger partial charge < -0.3 is 19.1 Å². The average molecular weight is 452 g/mol. The maximum absolute atomic E-state index is 13.3. The Morgan fingerprint density at radius 2 is 1.84 bits per heavy atom. The summed E-state index contributed by atoms with van der Waals surface area (Å²) in [5, 5.41) is 2.01. The predicted molar refractivity (Wildman–Crippen MR) is 127 cm³/mol. The van der Waals surface area contributed by atoms with E-state index in [0.29, 0.717) is 31.1 Å². The third kappa shape index (κ3) is 4.75. The highest BCUT2D eigenvalue weighted by atomic mass is 32.1. The van der Waals surface area contributed by atoms with Crippen LogP contribution < -0.4 is 14.2 Å². The van der Waals surface area contributed by atoms with Gasteiger partial charge in [-0.1, -0.05) is 25.1 Å². The molecule has 1 aliphatic heterocycles. The Bertz CT molecular complexity index is 1050. The van der Waals surface area contributed by atoms with E-state index in [1.54, 1.807) is 25.6 Å². The number of thiophene rings is 1. The molecule has 168 valence electrons. The van der Waals surface area contributed by atoms with Gasteiger partial charge in [0.15, 0.2) is 11.5 Å². The van der Waals surface area contributed by atoms with Gasteiger partial charge in [-0.15, -0.1) is 11.3 Å². The van der Waals surface area contributed by atoms with Crippen LogP contribution >= 0.6 is 11.3 Å². The van der Waals surface area contributed by atoms with Crippen LogP contribution in [0.1, 0.15) is 34.5 Å². The van der Waals surface area contributed by atoms with E-state index in [4.69, 9.17) is 14.2 Å². The number of benzene rings is 2. The van der Waals surface area contributed by atoms with Gasteiger partial charge in [-0.25, -0.2) is 0 Å². The molecule has 0 spiro atoms. The van der Waals surface area contributed by atoms with Gasteiger partial charge in [0.25, 0.3) is 0 Å². The summed E-state index contributed by atoms with van der Waals surface area (Å²) in [7, 11) is 3.28. The quantitative estimate of drug-likeness (QED) is 0.479. The molecule has 3 aromatic rings. The molecule has 0 N–H and O–H groups in total. The normalized spacial score (nSPS) is 15.2. The Kier molecular flexibility index (Phi) is 7.00. The van der Waals surface area contributed by atoms with Crippen LogP contribution in [0, 0.1) is 0 Å². The van der Waals surface area contributed by atoms with Crippen LogP contribution in [0.25, 0.3) is 0 Å². The summed E-state index contributed by atoms with van der Waals surface area (Å²) in [6, 6.07) is 16.0. The Labute approximate surface area is 193 Å². The van der Waals surface area contributed by atoms with Crippen LogP contribution in [0.3, 0.4) is 0 Å². The summed E-state index contributed by atoms with van der Waals surface area (Å²) in [5.41, 5.74) is 3.49. The summed E-state index contributed by atoms with van der Waals surface area (Å²) in [6.45, 7) is 3.16. The smallest absolute Gasteiger partial charge is 0.228 e. The number of hydrogen-bond acceptors (Lipinski definition) is 5. The van der Waals surface area contributed by atoms with E-state index in [-0.39, 0.29) is 11.9 Å². The molecule has 0 saturated heterocycles. The number of carbonyl (C=O) groups is 1. The second-order valence-corrected chi connectivity index (χ2v) is 8.86. The third-order valence-corrected chi connectivity index (χ3v) is 6.84. The molecular weight excluding hydrogens is 422 g/mol. The Hall–Kier alpha value is -2.99. The lowest BCUT2D eigenvalue weighted by Crippen LogP contribution is -2.43. The summed E-state index contributed by atoms with van der Waals surface area (Å²) in [6.07, 6.45) is 2.17. The Morgan fingerprint density at radius 1 is 1.09 bits per heavy atom. The number of aryl methyl sites for hydroxylation is 1. The van der Waals surface area contributed by atoms with Gasteiger partial charge in [-0.2, -0.15) is 0 Å². The highest BCUT2D eigenvalue weighted by Crippen LogP contribution is 2.38. The van der Waals surface area contributed by atoms with Gasteiger partial charge in [-0.05, 0) is 65.2 Å². The van der Waals surface area contributed by atoms with Crippen molar-refractivity contribution >= 4 is 17.2 Å². The van der Waals surface area contributed by atoms with Crippen molar-refractivity contribution in [3.05, 3.63) is 75.5 Å². The van der Waals surface area contributed by atoms with Crippen molar-refractivity contribution in [3.8, 4) is 17.2 Å². The van der Waals surface area contributed by atoms with Crippen LogP contribution in [0.15, 0.2) is 53.9 Å². The molecule has 0 radical (unpaired) electrons. The molecule has 0 aliphatic carbocycles. The van der Waals surface area contributed by atoms with E-state index >= 15 is 0 Å². The van der Waals surface area contributed by atoms with Crippen LogP contribution in [-0.2, 0) is 24.1 Å². The molecule has 0 fully saturated rings. The highest BCUT2D eigenvalue weighted by Gasteiger charge is 2.33. The molecule has 2 aromatic carbocycles. The average Bonchev–Trinajstić information content (AvgIpc) is 3.34. The molecule has 6 heteroatoms. The minimum Gasteiger partial charge on any atom is -0.493 e. The van der Waals surface area contributed by atoms with E-state index in [2.05, 4.69) is 19.1 Å². The number of nitrogens with zero attached hydrogens (tertiary/aromatic N) is 1. The van der Waals surface area contributed by atoms with Crippen molar-refractivity contribution < 1.29 is 19.0 Å². The fourth-order valence-electron chi connectivity index (χ4n) is 4.17. The third-order valence-electron chi connectivity index (χ3n) is 5.97. The molecular formula is C26H29NO4S. The zero-order chi connectivity index (χ0) is 22.5. The summed E-state index contributed by atoms with van der Waals surface area (Å²) in [4.78, 5) is 16.3. The van der Waals surface area contributed by atoms with E-state index in [0.717, 1.165) is 34.6 Å². The van der Waals surface area contributed by atoms with Crippen LogP contribution in [-0.4, -0.2) is 38.2 Å². The van der Waals surface area contributed by atoms with Crippen LogP contribution in [0.5, 0.6) is 17.2 Å². The minimum atomic E-state index is -0.197. The summed E-state index contributed by atoms with van der Waals surface area (Å²) >= 11 is 1.61. The van der Waals surface area contributed by atoms with Crippen molar-refractivity contribution in [1.29, 1.82) is 0 Å². The number of fused-ring (bicyclic) bond motifs is 1.